The Morgan fingerprint density at radius 2 is 2.14 bits per heavy atom. The molecule has 0 unspecified atom stereocenters. The average molecular weight is 288 g/mol. The van der Waals surface area contributed by atoms with Crippen LogP contribution in [0.1, 0.15) is 31.4 Å². The molecular formula is C14H17FN6. The molecule has 0 spiro atoms. The zero-order valence-corrected chi connectivity index (χ0v) is 12.0. The molecule has 0 radical (unpaired) electrons. The predicted octanol–water partition coefficient (Wildman–Crippen LogP) is 1.85. The normalized spacial score (nSPS) is 11.7. The number of fused-ring (bicyclic) bond motifs is 1. The molecule has 3 rings (SSSR count). The third kappa shape index (κ3) is 2.40. The average Bonchev–Trinajstić information content (AvgIpc) is 3.04. The molecule has 6 nitrogen and oxygen atoms in total. The first-order chi connectivity index (χ1) is 10.1. The predicted molar refractivity (Wildman–Crippen MR) is 77.1 cm³/mol. The van der Waals surface area contributed by atoms with Gasteiger partial charge in [-0.25, -0.2) is 14.1 Å². The molecule has 0 aliphatic carbocycles. The van der Waals surface area contributed by atoms with Crippen LogP contribution in [0.5, 0.6) is 0 Å². The van der Waals surface area contributed by atoms with Crippen molar-refractivity contribution in [1.29, 1.82) is 0 Å². The van der Waals surface area contributed by atoms with E-state index in [9.17, 15) is 4.39 Å². The highest BCUT2D eigenvalue weighted by atomic mass is 19.1. The lowest BCUT2D eigenvalue weighted by atomic mass is 10.3. The van der Waals surface area contributed by atoms with Crippen LogP contribution in [0.15, 0.2) is 24.4 Å². The van der Waals surface area contributed by atoms with Crippen molar-refractivity contribution in [2.45, 2.75) is 33.0 Å². The van der Waals surface area contributed by atoms with E-state index < -0.39 is 0 Å². The van der Waals surface area contributed by atoms with E-state index in [1.807, 2.05) is 24.5 Å². The van der Waals surface area contributed by atoms with Gasteiger partial charge in [0.05, 0.1) is 17.4 Å². The van der Waals surface area contributed by atoms with Gasteiger partial charge in [-0.2, -0.15) is 0 Å². The molecule has 7 heteroatoms. The van der Waals surface area contributed by atoms with Crippen molar-refractivity contribution in [2.75, 3.05) is 0 Å². The second kappa shape index (κ2) is 5.25. The molecular weight excluding hydrogens is 271 g/mol. The summed E-state index contributed by atoms with van der Waals surface area (Å²) in [5, 5.41) is 7.97. The van der Waals surface area contributed by atoms with Crippen LogP contribution in [0.2, 0.25) is 0 Å². The Kier molecular flexibility index (Phi) is 3.42. The number of rotatable bonds is 4. The Balaban J connectivity index is 2.08. The highest BCUT2D eigenvalue weighted by Gasteiger charge is 2.16. The quantitative estimate of drug-likeness (QED) is 0.795. The molecule has 0 aliphatic heterocycles. The maximum absolute atomic E-state index is 13.9. The molecule has 2 aromatic heterocycles. The Labute approximate surface area is 121 Å². The van der Waals surface area contributed by atoms with Crippen LogP contribution in [-0.4, -0.2) is 24.5 Å². The largest absolute Gasteiger partial charge is 0.325 e. The second-order valence-corrected chi connectivity index (χ2v) is 5.21. The van der Waals surface area contributed by atoms with Crippen molar-refractivity contribution >= 4 is 11.0 Å². The summed E-state index contributed by atoms with van der Waals surface area (Å²) < 4.78 is 17.6. The van der Waals surface area contributed by atoms with Gasteiger partial charge < -0.3 is 10.3 Å². The summed E-state index contributed by atoms with van der Waals surface area (Å²) in [5.41, 5.74) is 7.43. The van der Waals surface area contributed by atoms with Crippen LogP contribution >= 0.6 is 0 Å². The highest BCUT2D eigenvalue weighted by molar-refractivity contribution is 5.76. The van der Waals surface area contributed by atoms with Crippen molar-refractivity contribution in [1.82, 2.24) is 24.5 Å². The number of imidazole rings is 1. The number of hydrogen-bond donors (Lipinski definition) is 1. The minimum Gasteiger partial charge on any atom is -0.325 e. The van der Waals surface area contributed by atoms with Crippen molar-refractivity contribution in [2.24, 2.45) is 5.73 Å². The number of halogens is 1. The summed E-state index contributed by atoms with van der Waals surface area (Å²) in [6, 6.07) is 5.17. The van der Waals surface area contributed by atoms with Gasteiger partial charge in [0.25, 0.3) is 0 Å². The maximum Gasteiger partial charge on any atom is 0.151 e. The van der Waals surface area contributed by atoms with E-state index in [0.717, 1.165) is 11.3 Å². The van der Waals surface area contributed by atoms with E-state index in [1.165, 1.54) is 6.07 Å². The molecule has 0 saturated heterocycles. The van der Waals surface area contributed by atoms with E-state index in [2.05, 4.69) is 15.3 Å². The Hall–Kier alpha value is -2.28. The van der Waals surface area contributed by atoms with Gasteiger partial charge in [-0.05, 0) is 26.0 Å². The van der Waals surface area contributed by atoms with E-state index >= 15 is 0 Å². The first-order valence-corrected chi connectivity index (χ1v) is 6.84. The first-order valence-electron chi connectivity index (χ1n) is 6.84. The molecule has 0 aliphatic rings. The van der Waals surface area contributed by atoms with Crippen LogP contribution in [0.4, 0.5) is 4.39 Å². The minimum absolute atomic E-state index is 0.171. The number of nitrogens with two attached hydrogens (primary N) is 1. The Morgan fingerprint density at radius 3 is 2.81 bits per heavy atom. The van der Waals surface area contributed by atoms with Crippen molar-refractivity contribution in [3.8, 4) is 0 Å². The van der Waals surface area contributed by atoms with E-state index in [-0.39, 0.29) is 11.9 Å². The Morgan fingerprint density at radius 1 is 1.33 bits per heavy atom. The molecule has 0 amide bonds. The molecule has 0 atom stereocenters. The van der Waals surface area contributed by atoms with Crippen LogP contribution in [0.25, 0.3) is 11.0 Å². The Bertz CT molecular complexity index is 773. The smallest absolute Gasteiger partial charge is 0.151 e. The summed E-state index contributed by atoms with van der Waals surface area (Å²) in [4.78, 5) is 4.43. The van der Waals surface area contributed by atoms with Gasteiger partial charge in [-0.1, -0.05) is 11.3 Å². The lowest BCUT2D eigenvalue weighted by Gasteiger charge is -2.12. The summed E-state index contributed by atoms with van der Waals surface area (Å²) in [6.07, 6.45) is 1.78. The standard InChI is InChI=1S/C14H17FN6/c1-9(2)21-12-5-3-4-11(15)14(12)17-13(21)8-20-7-10(6-16)18-19-20/h3-5,7,9H,6,8,16H2,1-2H3. The van der Waals surface area contributed by atoms with Crippen LogP contribution in [0.3, 0.4) is 0 Å². The fraction of sp³-hybridized carbons (Fsp3) is 0.357. The fourth-order valence-electron chi connectivity index (χ4n) is 2.47. The SMILES string of the molecule is CC(C)n1c(Cn2cc(CN)nn2)nc2c(F)cccc21. The van der Waals surface area contributed by atoms with E-state index in [0.29, 0.717) is 24.3 Å². The van der Waals surface area contributed by atoms with E-state index in [4.69, 9.17) is 5.73 Å². The van der Waals surface area contributed by atoms with E-state index in [1.54, 1.807) is 16.9 Å². The van der Waals surface area contributed by atoms with Crippen LogP contribution in [-0.2, 0) is 13.1 Å². The van der Waals surface area contributed by atoms with Gasteiger partial charge in [0.1, 0.15) is 17.9 Å². The van der Waals surface area contributed by atoms with Crippen LogP contribution < -0.4 is 5.73 Å². The molecule has 0 saturated carbocycles. The number of nitrogens with zero attached hydrogens (tertiary/aromatic N) is 5. The zero-order chi connectivity index (χ0) is 15.0. The molecule has 1 aromatic carbocycles. The maximum atomic E-state index is 13.9. The monoisotopic (exact) mass is 288 g/mol. The first kappa shape index (κ1) is 13.7. The second-order valence-electron chi connectivity index (χ2n) is 5.21. The number of para-hydroxylation sites is 1. The highest BCUT2D eigenvalue weighted by Crippen LogP contribution is 2.23. The van der Waals surface area contributed by atoms with Gasteiger partial charge in [0, 0.05) is 12.6 Å². The molecule has 2 heterocycles. The minimum atomic E-state index is -0.311. The molecule has 3 aromatic rings. The molecule has 0 bridgehead atoms. The topological polar surface area (TPSA) is 74.5 Å². The summed E-state index contributed by atoms with van der Waals surface area (Å²) in [6.45, 7) is 4.86. The lowest BCUT2D eigenvalue weighted by molar-refractivity contribution is 0.543. The van der Waals surface area contributed by atoms with Gasteiger partial charge >= 0.3 is 0 Å². The van der Waals surface area contributed by atoms with Crippen molar-refractivity contribution in [3.05, 3.63) is 41.7 Å². The van der Waals surface area contributed by atoms with Gasteiger partial charge in [0.2, 0.25) is 0 Å². The molecule has 21 heavy (non-hydrogen) atoms. The molecule has 2 N–H and O–H groups in total. The van der Waals surface area contributed by atoms with Crippen LogP contribution in [0, 0.1) is 5.82 Å². The van der Waals surface area contributed by atoms with Gasteiger partial charge in [-0.3, -0.25) is 0 Å². The lowest BCUT2D eigenvalue weighted by Crippen LogP contribution is -2.11. The number of benzene rings is 1. The number of aromatic nitrogens is 5. The van der Waals surface area contributed by atoms with Gasteiger partial charge in [-0.15, -0.1) is 5.10 Å². The fourth-order valence-corrected chi connectivity index (χ4v) is 2.47. The third-order valence-electron chi connectivity index (χ3n) is 3.36. The summed E-state index contributed by atoms with van der Waals surface area (Å²) in [7, 11) is 0. The zero-order valence-electron chi connectivity index (χ0n) is 12.0. The molecule has 0 fully saturated rings. The number of hydrogen-bond acceptors (Lipinski definition) is 4. The summed E-state index contributed by atoms with van der Waals surface area (Å²) in [5.74, 6) is 0.438. The van der Waals surface area contributed by atoms with Gasteiger partial charge in [0.15, 0.2) is 5.82 Å². The van der Waals surface area contributed by atoms with Crippen molar-refractivity contribution < 1.29 is 4.39 Å². The third-order valence-corrected chi connectivity index (χ3v) is 3.36. The van der Waals surface area contributed by atoms with Crippen molar-refractivity contribution in [3.63, 3.8) is 0 Å². The molecule has 110 valence electrons. The summed E-state index contributed by atoms with van der Waals surface area (Å²) >= 11 is 0.